The second-order valence-electron chi connectivity index (χ2n) is 23.5. The Hall–Kier alpha value is -1.42. The van der Waals surface area contributed by atoms with E-state index in [9.17, 15) is 5.11 Å². The van der Waals surface area contributed by atoms with Crippen LogP contribution in [0.15, 0.2) is 12.1 Å². The number of aliphatic hydroxyl groups excluding tert-OH is 1. The van der Waals surface area contributed by atoms with Crippen LogP contribution in [0.4, 0.5) is 0 Å². The number of rotatable bonds is 56. The zero-order valence-electron chi connectivity index (χ0n) is 48.7. The average molecular weight is 984 g/mol. The molecule has 0 aromatic heterocycles. The van der Waals surface area contributed by atoms with E-state index in [0.717, 1.165) is 42.1 Å². The lowest BCUT2D eigenvalue weighted by molar-refractivity contribution is 0.0634. The van der Waals surface area contributed by atoms with Crippen molar-refractivity contribution in [2.75, 3.05) is 19.8 Å². The summed E-state index contributed by atoms with van der Waals surface area (Å²) in [5.74, 6) is 2.39. The lowest BCUT2D eigenvalue weighted by atomic mass is 9.85. The predicted molar refractivity (Wildman–Crippen MR) is 311 cm³/mol. The van der Waals surface area contributed by atoms with Gasteiger partial charge in [0, 0.05) is 0 Å². The van der Waals surface area contributed by atoms with E-state index < -0.39 is 6.10 Å². The summed E-state index contributed by atoms with van der Waals surface area (Å²) in [4.78, 5) is 0. The molecule has 0 amide bonds. The van der Waals surface area contributed by atoms with Gasteiger partial charge in [-0.25, -0.2) is 0 Å². The molecule has 0 saturated carbocycles. The highest BCUT2D eigenvalue weighted by Gasteiger charge is 2.24. The van der Waals surface area contributed by atoms with Gasteiger partial charge in [0.25, 0.3) is 0 Å². The first kappa shape index (κ1) is 66.6. The fourth-order valence-electron chi connectivity index (χ4n) is 10.1. The molecular weight excluding hydrogens is 857 g/mol. The van der Waals surface area contributed by atoms with Gasteiger partial charge >= 0.3 is 0 Å². The van der Waals surface area contributed by atoms with E-state index in [1.807, 2.05) is 0 Å². The van der Waals surface area contributed by atoms with Gasteiger partial charge in [-0.1, -0.05) is 330 Å². The standard InChI is InChI=1S/C66H126O4/c1-7-10-13-16-19-22-25-28-31-34-37-40-43-46-49-52-55-68-62-58-61(60-64(67)66(4,5)6)59-63(69-56-53-50-47-44-41-38-35-32-29-26-23-20-17-14-11-8-2)65(62)70-57-54-51-48-45-42-39-36-33-30-27-24-21-18-15-12-9-3/h58-59,64,67H,7-57,60H2,1-6H3. The molecule has 4 heteroatoms. The fourth-order valence-corrected chi connectivity index (χ4v) is 10.1. The Balaban J connectivity index is 2.64. The predicted octanol–water partition coefficient (Wildman–Crippen LogP) is 22.6. The van der Waals surface area contributed by atoms with Crippen LogP contribution in [0.3, 0.4) is 0 Å². The number of hydrogen-bond acceptors (Lipinski definition) is 4. The summed E-state index contributed by atoms with van der Waals surface area (Å²) in [6.45, 7) is 15.3. The number of aliphatic hydroxyl groups is 1. The summed E-state index contributed by atoms with van der Waals surface area (Å²) in [6, 6.07) is 4.29. The van der Waals surface area contributed by atoms with E-state index in [1.54, 1.807) is 0 Å². The highest BCUT2D eigenvalue weighted by molar-refractivity contribution is 5.54. The molecular formula is C66H126O4. The quantitative estimate of drug-likeness (QED) is 0.0661. The maximum absolute atomic E-state index is 11.2. The van der Waals surface area contributed by atoms with Gasteiger partial charge in [-0.3, -0.25) is 0 Å². The Kier molecular flexibility index (Phi) is 48.6. The van der Waals surface area contributed by atoms with Gasteiger partial charge in [-0.15, -0.1) is 0 Å². The van der Waals surface area contributed by atoms with Crippen molar-refractivity contribution in [3.05, 3.63) is 17.7 Å². The molecule has 0 fully saturated rings. The van der Waals surface area contributed by atoms with E-state index >= 15 is 0 Å². The molecule has 4 nitrogen and oxygen atoms in total. The summed E-state index contributed by atoms with van der Waals surface area (Å²) in [5, 5.41) is 11.2. The first-order chi connectivity index (χ1) is 34.3. The van der Waals surface area contributed by atoms with Crippen LogP contribution < -0.4 is 14.2 Å². The third-order valence-electron chi connectivity index (χ3n) is 15.3. The van der Waals surface area contributed by atoms with Gasteiger partial charge < -0.3 is 19.3 Å². The van der Waals surface area contributed by atoms with Gasteiger partial charge in [0.2, 0.25) is 5.75 Å². The summed E-state index contributed by atoms with van der Waals surface area (Å²) < 4.78 is 19.9. The van der Waals surface area contributed by atoms with Crippen LogP contribution in [-0.2, 0) is 6.42 Å². The Morgan fingerprint density at radius 1 is 0.314 bits per heavy atom. The molecule has 1 atom stereocenters. The van der Waals surface area contributed by atoms with Crippen LogP contribution in [0.25, 0.3) is 0 Å². The van der Waals surface area contributed by atoms with Gasteiger partial charge in [0.15, 0.2) is 11.5 Å². The van der Waals surface area contributed by atoms with Crippen molar-refractivity contribution in [3.63, 3.8) is 0 Å². The lowest BCUT2D eigenvalue weighted by Crippen LogP contribution is -2.28. The zero-order chi connectivity index (χ0) is 50.7. The smallest absolute Gasteiger partial charge is 0.203 e. The van der Waals surface area contributed by atoms with Crippen molar-refractivity contribution >= 4 is 0 Å². The zero-order valence-corrected chi connectivity index (χ0v) is 48.7. The molecule has 0 heterocycles. The Morgan fingerprint density at radius 3 is 0.729 bits per heavy atom. The Bertz CT molecular complexity index is 1130. The normalized spacial score (nSPS) is 12.3. The Morgan fingerprint density at radius 2 is 0.514 bits per heavy atom. The van der Waals surface area contributed by atoms with E-state index in [-0.39, 0.29) is 5.41 Å². The number of hydrogen-bond donors (Lipinski definition) is 1. The summed E-state index contributed by atoms with van der Waals surface area (Å²) in [7, 11) is 0. The minimum Gasteiger partial charge on any atom is -0.490 e. The molecule has 1 aromatic carbocycles. The average Bonchev–Trinajstić information content (AvgIpc) is 3.34. The molecule has 0 aliphatic carbocycles. The molecule has 1 rings (SSSR count). The third kappa shape index (κ3) is 43.0. The largest absolute Gasteiger partial charge is 0.490 e. The van der Waals surface area contributed by atoms with E-state index in [2.05, 4.69) is 53.7 Å². The summed E-state index contributed by atoms with van der Waals surface area (Å²) in [5.41, 5.74) is 0.868. The van der Waals surface area contributed by atoms with Crippen molar-refractivity contribution in [2.45, 2.75) is 362 Å². The molecule has 0 aliphatic heterocycles. The number of benzene rings is 1. The molecule has 1 N–H and O–H groups in total. The third-order valence-corrected chi connectivity index (χ3v) is 15.3. The molecule has 70 heavy (non-hydrogen) atoms. The minimum absolute atomic E-state index is 0.203. The number of ether oxygens (including phenoxy) is 3. The van der Waals surface area contributed by atoms with E-state index in [0.29, 0.717) is 26.2 Å². The Labute approximate surface area is 439 Å². The number of unbranched alkanes of at least 4 members (excludes halogenated alkanes) is 45. The van der Waals surface area contributed by atoms with Crippen molar-refractivity contribution in [1.29, 1.82) is 0 Å². The van der Waals surface area contributed by atoms with Crippen LogP contribution in [0.2, 0.25) is 0 Å². The molecule has 0 radical (unpaired) electrons. The minimum atomic E-state index is -0.453. The van der Waals surface area contributed by atoms with Crippen molar-refractivity contribution in [1.82, 2.24) is 0 Å². The lowest BCUT2D eigenvalue weighted by Gasteiger charge is -2.26. The highest BCUT2D eigenvalue weighted by atomic mass is 16.5. The first-order valence-corrected chi connectivity index (χ1v) is 32.1. The topological polar surface area (TPSA) is 47.9 Å². The van der Waals surface area contributed by atoms with Gasteiger partial charge in [-0.05, 0) is 48.8 Å². The van der Waals surface area contributed by atoms with Crippen LogP contribution in [0, 0.1) is 5.41 Å². The van der Waals surface area contributed by atoms with Gasteiger partial charge in [-0.2, -0.15) is 0 Å². The van der Waals surface area contributed by atoms with Crippen LogP contribution in [0.5, 0.6) is 17.2 Å². The molecule has 414 valence electrons. The monoisotopic (exact) mass is 983 g/mol. The molecule has 1 aromatic rings. The SMILES string of the molecule is CCCCCCCCCCCCCCCCCCOc1cc(CC(O)C(C)(C)C)cc(OCCCCCCCCCCCCCCCCCC)c1OCCCCCCCCCCCCCCCCCC. The molecule has 0 spiro atoms. The van der Waals surface area contributed by atoms with E-state index in [4.69, 9.17) is 14.2 Å². The highest BCUT2D eigenvalue weighted by Crippen LogP contribution is 2.41. The first-order valence-electron chi connectivity index (χ1n) is 32.1. The van der Waals surface area contributed by atoms with Crippen molar-refractivity contribution in [3.8, 4) is 17.2 Å². The second kappa shape index (κ2) is 51.1. The summed E-state index contributed by atoms with van der Waals surface area (Å²) in [6.07, 6.45) is 65.7. The molecule has 0 bridgehead atoms. The molecule has 1 unspecified atom stereocenters. The molecule has 0 aliphatic rings. The van der Waals surface area contributed by atoms with Gasteiger partial charge in [0.05, 0.1) is 25.9 Å². The summed E-state index contributed by atoms with van der Waals surface area (Å²) >= 11 is 0. The van der Waals surface area contributed by atoms with E-state index in [1.165, 1.54) is 289 Å². The van der Waals surface area contributed by atoms with Gasteiger partial charge in [0.1, 0.15) is 0 Å². The maximum atomic E-state index is 11.2. The maximum Gasteiger partial charge on any atom is 0.203 e. The van der Waals surface area contributed by atoms with Crippen molar-refractivity contribution in [2.24, 2.45) is 5.41 Å². The van der Waals surface area contributed by atoms with Crippen LogP contribution in [0.1, 0.15) is 355 Å². The second-order valence-corrected chi connectivity index (χ2v) is 23.5. The van der Waals surface area contributed by atoms with Crippen molar-refractivity contribution < 1.29 is 19.3 Å². The van der Waals surface area contributed by atoms with Crippen LogP contribution in [-0.4, -0.2) is 31.0 Å². The fraction of sp³-hybridized carbons (Fsp3) is 0.909. The molecule has 0 saturated heterocycles. The van der Waals surface area contributed by atoms with Crippen LogP contribution >= 0.6 is 0 Å².